The summed E-state index contributed by atoms with van der Waals surface area (Å²) >= 11 is 1.45. The molecular formula is C15H13NO4S. The predicted molar refractivity (Wildman–Crippen MR) is 79.3 cm³/mol. The zero-order valence-electron chi connectivity index (χ0n) is 11.0. The van der Waals surface area contributed by atoms with Crippen molar-refractivity contribution in [3.8, 4) is 0 Å². The number of amides is 1. The number of benzene rings is 1. The first-order chi connectivity index (χ1) is 10.1. The van der Waals surface area contributed by atoms with Gasteiger partial charge in [-0.2, -0.15) is 0 Å². The van der Waals surface area contributed by atoms with Gasteiger partial charge < -0.3 is 10.2 Å². The van der Waals surface area contributed by atoms with Crippen LogP contribution in [0.3, 0.4) is 0 Å². The maximum Gasteiger partial charge on any atom is 0.352 e. The van der Waals surface area contributed by atoms with Gasteiger partial charge in [-0.3, -0.25) is 9.69 Å². The van der Waals surface area contributed by atoms with Gasteiger partial charge in [-0.25, -0.2) is 4.79 Å². The highest BCUT2D eigenvalue weighted by Gasteiger charge is 2.49. The Labute approximate surface area is 125 Å². The molecule has 2 heterocycles. The van der Waals surface area contributed by atoms with E-state index in [1.54, 1.807) is 6.08 Å². The number of hydrogen-bond donors (Lipinski definition) is 2. The Morgan fingerprint density at radius 3 is 2.71 bits per heavy atom. The average Bonchev–Trinajstić information content (AvgIpc) is 2.51. The number of carboxylic acid groups (broad SMARTS) is 1. The second-order valence-electron chi connectivity index (χ2n) is 4.76. The molecule has 2 aliphatic heterocycles. The quantitative estimate of drug-likeness (QED) is 0.650. The summed E-state index contributed by atoms with van der Waals surface area (Å²) in [6.45, 7) is -0.344. The molecule has 1 fully saturated rings. The minimum absolute atomic E-state index is 0.0727. The van der Waals surface area contributed by atoms with Crippen molar-refractivity contribution in [3.05, 3.63) is 52.7 Å². The van der Waals surface area contributed by atoms with E-state index in [0.29, 0.717) is 16.9 Å². The van der Waals surface area contributed by atoms with E-state index in [1.165, 1.54) is 16.7 Å². The van der Waals surface area contributed by atoms with E-state index in [4.69, 9.17) is 0 Å². The third-order valence-corrected chi connectivity index (χ3v) is 4.77. The number of aliphatic hydroxyl groups is 1. The Morgan fingerprint density at radius 1 is 1.38 bits per heavy atom. The largest absolute Gasteiger partial charge is 0.477 e. The van der Waals surface area contributed by atoms with Crippen molar-refractivity contribution in [1.29, 1.82) is 0 Å². The summed E-state index contributed by atoms with van der Waals surface area (Å²) in [5, 5.41) is 18.2. The molecule has 1 atom stereocenters. The molecule has 0 aromatic heterocycles. The lowest BCUT2D eigenvalue weighted by Crippen LogP contribution is -2.56. The zero-order chi connectivity index (χ0) is 15.0. The normalized spacial score (nSPS) is 23.1. The molecule has 2 N–H and O–H groups in total. The number of hydrogen-bond acceptors (Lipinski definition) is 4. The predicted octanol–water partition coefficient (Wildman–Crippen LogP) is 1.32. The monoisotopic (exact) mass is 303 g/mol. The average molecular weight is 303 g/mol. The lowest BCUT2D eigenvalue weighted by Gasteiger charge is -2.45. The van der Waals surface area contributed by atoms with E-state index >= 15 is 0 Å². The number of fused-ring (bicyclic) bond motifs is 1. The van der Waals surface area contributed by atoms with Crippen LogP contribution in [-0.4, -0.2) is 44.7 Å². The van der Waals surface area contributed by atoms with Crippen molar-refractivity contribution in [1.82, 2.24) is 4.90 Å². The maximum atomic E-state index is 12.2. The van der Waals surface area contributed by atoms with Gasteiger partial charge in [0.25, 0.3) is 5.91 Å². The van der Waals surface area contributed by atoms with E-state index in [1.807, 2.05) is 30.3 Å². The Hall–Kier alpha value is -2.05. The van der Waals surface area contributed by atoms with Crippen LogP contribution in [0.4, 0.5) is 0 Å². The Kier molecular flexibility index (Phi) is 3.57. The molecular weight excluding hydrogens is 290 g/mol. The number of β-lactam (4-membered cyclic amide) rings is 1. The van der Waals surface area contributed by atoms with E-state index < -0.39 is 5.97 Å². The molecule has 1 saturated heterocycles. The molecule has 5 nitrogen and oxygen atoms in total. The summed E-state index contributed by atoms with van der Waals surface area (Å²) in [4.78, 5) is 24.8. The van der Waals surface area contributed by atoms with Gasteiger partial charge in [-0.15, -0.1) is 11.8 Å². The second kappa shape index (κ2) is 5.38. The molecule has 0 spiro atoms. The van der Waals surface area contributed by atoms with Crippen molar-refractivity contribution >= 4 is 29.7 Å². The molecule has 21 heavy (non-hydrogen) atoms. The fourth-order valence-corrected chi connectivity index (χ4v) is 3.75. The SMILES string of the molecule is O=C(O)C1=C(CO)CSC2/C(=C/c3ccccc3)C(=O)N12. The lowest BCUT2D eigenvalue weighted by molar-refractivity contribution is -0.141. The minimum Gasteiger partial charge on any atom is -0.477 e. The first-order valence-corrected chi connectivity index (χ1v) is 7.46. The van der Waals surface area contributed by atoms with Crippen LogP contribution in [0.25, 0.3) is 6.08 Å². The van der Waals surface area contributed by atoms with Crippen LogP contribution in [0.5, 0.6) is 0 Å². The van der Waals surface area contributed by atoms with Crippen molar-refractivity contribution in [2.45, 2.75) is 5.37 Å². The number of rotatable bonds is 3. The number of carbonyl (C=O) groups is 2. The van der Waals surface area contributed by atoms with Crippen molar-refractivity contribution in [3.63, 3.8) is 0 Å². The number of carboxylic acids is 1. The van der Waals surface area contributed by atoms with E-state index in [9.17, 15) is 19.8 Å². The number of nitrogens with zero attached hydrogens (tertiary/aromatic N) is 1. The molecule has 0 aliphatic carbocycles. The highest BCUT2D eigenvalue weighted by molar-refractivity contribution is 8.00. The lowest BCUT2D eigenvalue weighted by atomic mass is 9.99. The smallest absolute Gasteiger partial charge is 0.352 e. The van der Waals surface area contributed by atoms with E-state index in [0.717, 1.165) is 5.56 Å². The summed E-state index contributed by atoms with van der Waals surface area (Å²) < 4.78 is 0. The summed E-state index contributed by atoms with van der Waals surface area (Å²) in [7, 11) is 0. The molecule has 1 aromatic carbocycles. The number of aliphatic hydroxyl groups excluding tert-OH is 1. The number of carbonyl (C=O) groups excluding carboxylic acids is 1. The van der Waals surface area contributed by atoms with Crippen LogP contribution in [0.15, 0.2) is 47.2 Å². The van der Waals surface area contributed by atoms with E-state index in [-0.39, 0.29) is 23.6 Å². The van der Waals surface area contributed by atoms with Gasteiger partial charge in [-0.1, -0.05) is 30.3 Å². The number of thioether (sulfide) groups is 1. The van der Waals surface area contributed by atoms with Gasteiger partial charge in [0, 0.05) is 5.75 Å². The Morgan fingerprint density at radius 2 is 2.10 bits per heavy atom. The van der Waals surface area contributed by atoms with Gasteiger partial charge in [-0.05, 0) is 17.2 Å². The molecule has 1 aromatic rings. The molecule has 0 radical (unpaired) electrons. The Bertz CT molecular complexity index is 666. The van der Waals surface area contributed by atoms with Crippen molar-refractivity contribution < 1.29 is 19.8 Å². The molecule has 0 saturated carbocycles. The highest BCUT2D eigenvalue weighted by Crippen LogP contribution is 2.43. The van der Waals surface area contributed by atoms with Crippen LogP contribution in [0.1, 0.15) is 5.56 Å². The van der Waals surface area contributed by atoms with Crippen LogP contribution in [0.2, 0.25) is 0 Å². The molecule has 3 rings (SSSR count). The molecule has 0 bridgehead atoms. The van der Waals surface area contributed by atoms with Gasteiger partial charge in [0.05, 0.1) is 12.2 Å². The van der Waals surface area contributed by atoms with Crippen LogP contribution < -0.4 is 0 Å². The van der Waals surface area contributed by atoms with Crippen molar-refractivity contribution in [2.24, 2.45) is 0 Å². The number of aliphatic carboxylic acids is 1. The fourth-order valence-electron chi connectivity index (χ4n) is 2.46. The van der Waals surface area contributed by atoms with Gasteiger partial charge in [0.2, 0.25) is 0 Å². The molecule has 1 unspecified atom stereocenters. The topological polar surface area (TPSA) is 77.8 Å². The summed E-state index contributed by atoms with van der Waals surface area (Å²) in [6, 6.07) is 9.44. The summed E-state index contributed by atoms with van der Waals surface area (Å²) in [5.41, 5.74) is 1.82. The summed E-state index contributed by atoms with van der Waals surface area (Å²) in [5.74, 6) is -1.06. The first-order valence-electron chi connectivity index (χ1n) is 6.41. The van der Waals surface area contributed by atoms with Gasteiger partial charge in [0.1, 0.15) is 11.1 Å². The van der Waals surface area contributed by atoms with Crippen LogP contribution in [-0.2, 0) is 9.59 Å². The maximum absolute atomic E-state index is 12.2. The zero-order valence-corrected chi connectivity index (χ0v) is 11.8. The van der Waals surface area contributed by atoms with Gasteiger partial charge in [0.15, 0.2) is 0 Å². The van der Waals surface area contributed by atoms with Gasteiger partial charge >= 0.3 is 5.97 Å². The Balaban J connectivity index is 1.94. The molecule has 1 amide bonds. The summed E-state index contributed by atoms with van der Waals surface area (Å²) in [6.07, 6.45) is 1.79. The first kappa shape index (κ1) is 13.9. The second-order valence-corrected chi connectivity index (χ2v) is 5.83. The fraction of sp³-hybridized carbons (Fsp3) is 0.200. The molecule has 2 aliphatic rings. The third kappa shape index (κ3) is 2.26. The standard InChI is InChI=1S/C15H13NO4S/c17-7-10-8-21-14-11(6-9-4-2-1-3-5-9)13(18)16(14)12(10)15(19)20/h1-6,14,17H,7-8H2,(H,19,20)/b11-6+. The van der Waals surface area contributed by atoms with Crippen molar-refractivity contribution in [2.75, 3.05) is 12.4 Å². The molecule has 108 valence electrons. The minimum atomic E-state index is -1.17. The van der Waals surface area contributed by atoms with Crippen LogP contribution in [0, 0.1) is 0 Å². The van der Waals surface area contributed by atoms with Crippen LogP contribution >= 0.6 is 11.8 Å². The third-order valence-electron chi connectivity index (χ3n) is 3.47. The molecule has 6 heteroatoms. The van der Waals surface area contributed by atoms with E-state index in [2.05, 4.69) is 0 Å². The highest BCUT2D eigenvalue weighted by atomic mass is 32.2.